The Hall–Kier alpha value is -1.10. The summed E-state index contributed by atoms with van der Waals surface area (Å²) in [5.74, 6) is -0.650. The van der Waals surface area contributed by atoms with E-state index in [1.54, 1.807) is 0 Å². The van der Waals surface area contributed by atoms with Crippen molar-refractivity contribution in [1.29, 1.82) is 0 Å². The van der Waals surface area contributed by atoms with Crippen molar-refractivity contribution in [2.45, 2.75) is 52.5 Å². The number of amides is 1. The Morgan fingerprint density at radius 3 is 2.16 bits per heavy atom. The lowest BCUT2D eigenvalue weighted by molar-refractivity contribution is -0.145. The zero-order valence-corrected chi connectivity index (χ0v) is 12.1. The van der Waals surface area contributed by atoms with Crippen molar-refractivity contribution in [2.24, 2.45) is 23.0 Å². The van der Waals surface area contributed by atoms with Crippen LogP contribution in [-0.2, 0) is 9.59 Å². The van der Waals surface area contributed by atoms with Crippen LogP contribution in [0, 0.1) is 17.3 Å². The van der Waals surface area contributed by atoms with Crippen LogP contribution in [0.3, 0.4) is 0 Å². The molecule has 1 fully saturated rings. The van der Waals surface area contributed by atoms with E-state index in [0.29, 0.717) is 12.5 Å². The maximum absolute atomic E-state index is 12.1. The van der Waals surface area contributed by atoms with E-state index in [1.807, 2.05) is 20.8 Å². The van der Waals surface area contributed by atoms with Gasteiger partial charge in [-0.2, -0.15) is 0 Å². The highest BCUT2D eigenvalue weighted by Gasteiger charge is 2.35. The molecule has 0 aromatic heterocycles. The van der Waals surface area contributed by atoms with Crippen LogP contribution in [0.15, 0.2) is 0 Å². The zero-order chi connectivity index (χ0) is 14.6. The average molecular weight is 270 g/mol. The van der Waals surface area contributed by atoms with Gasteiger partial charge in [-0.05, 0) is 43.6 Å². The summed E-state index contributed by atoms with van der Waals surface area (Å²) >= 11 is 0. The Labute approximate surface area is 114 Å². The number of hydrogen-bond acceptors (Lipinski definition) is 3. The van der Waals surface area contributed by atoms with E-state index in [-0.39, 0.29) is 11.8 Å². The van der Waals surface area contributed by atoms with Gasteiger partial charge in [0.2, 0.25) is 5.91 Å². The summed E-state index contributed by atoms with van der Waals surface area (Å²) in [7, 11) is 0. The molecule has 0 bridgehead atoms. The minimum atomic E-state index is -0.975. The zero-order valence-electron chi connectivity index (χ0n) is 12.1. The minimum absolute atomic E-state index is 0.0630. The van der Waals surface area contributed by atoms with Crippen molar-refractivity contribution in [3.63, 3.8) is 0 Å². The van der Waals surface area contributed by atoms with Gasteiger partial charge in [0, 0.05) is 5.92 Å². The highest BCUT2D eigenvalue weighted by molar-refractivity contribution is 5.85. The molecule has 1 amide bonds. The molecule has 1 saturated carbocycles. The summed E-state index contributed by atoms with van der Waals surface area (Å²) in [5, 5.41) is 11.9. The van der Waals surface area contributed by atoms with Gasteiger partial charge < -0.3 is 16.2 Å². The van der Waals surface area contributed by atoms with Crippen LogP contribution in [0.25, 0.3) is 0 Å². The lowest BCUT2D eigenvalue weighted by atomic mass is 9.80. The van der Waals surface area contributed by atoms with E-state index in [1.165, 1.54) is 0 Å². The first-order chi connectivity index (χ1) is 8.75. The summed E-state index contributed by atoms with van der Waals surface area (Å²) < 4.78 is 0. The van der Waals surface area contributed by atoms with Crippen molar-refractivity contribution in [1.82, 2.24) is 5.32 Å². The molecule has 1 aliphatic carbocycles. The van der Waals surface area contributed by atoms with Gasteiger partial charge in [-0.3, -0.25) is 4.79 Å². The van der Waals surface area contributed by atoms with Gasteiger partial charge in [-0.25, -0.2) is 4.79 Å². The van der Waals surface area contributed by atoms with E-state index in [0.717, 1.165) is 25.7 Å². The Bertz CT molecular complexity index is 328. The van der Waals surface area contributed by atoms with E-state index in [4.69, 9.17) is 5.73 Å². The van der Waals surface area contributed by atoms with E-state index in [9.17, 15) is 14.7 Å². The Balaban J connectivity index is 2.57. The minimum Gasteiger partial charge on any atom is -0.480 e. The Morgan fingerprint density at radius 1 is 1.26 bits per heavy atom. The molecule has 0 saturated heterocycles. The topological polar surface area (TPSA) is 92.4 Å². The number of aliphatic carboxylic acids is 1. The fourth-order valence-electron chi connectivity index (χ4n) is 2.57. The van der Waals surface area contributed by atoms with Crippen molar-refractivity contribution in [3.8, 4) is 0 Å². The predicted molar refractivity (Wildman–Crippen MR) is 73.5 cm³/mol. The van der Waals surface area contributed by atoms with Gasteiger partial charge in [-0.15, -0.1) is 0 Å². The standard InChI is InChI=1S/C14H26N2O3/c1-14(2,3)11(13(18)19)16-12(17)10-6-4-9(8-15)5-7-10/h9-11H,4-8,15H2,1-3H3,(H,16,17)(H,18,19). The number of carbonyl (C=O) groups excluding carboxylic acids is 1. The second kappa shape index (κ2) is 6.37. The smallest absolute Gasteiger partial charge is 0.326 e. The van der Waals surface area contributed by atoms with Crippen molar-refractivity contribution >= 4 is 11.9 Å². The fourth-order valence-corrected chi connectivity index (χ4v) is 2.57. The molecule has 19 heavy (non-hydrogen) atoms. The maximum Gasteiger partial charge on any atom is 0.326 e. The first kappa shape index (κ1) is 16.0. The molecular formula is C14H26N2O3. The van der Waals surface area contributed by atoms with E-state index < -0.39 is 17.4 Å². The lowest BCUT2D eigenvalue weighted by Gasteiger charge is -2.31. The summed E-state index contributed by atoms with van der Waals surface area (Å²) in [4.78, 5) is 23.4. The molecule has 0 aromatic rings. The van der Waals surface area contributed by atoms with Crippen LogP contribution in [0.5, 0.6) is 0 Å². The van der Waals surface area contributed by atoms with Gasteiger partial charge in [0.25, 0.3) is 0 Å². The molecule has 0 heterocycles. The molecule has 5 nitrogen and oxygen atoms in total. The molecule has 4 N–H and O–H groups in total. The summed E-state index contributed by atoms with van der Waals surface area (Å²) in [6.07, 6.45) is 3.54. The fraction of sp³-hybridized carbons (Fsp3) is 0.857. The van der Waals surface area contributed by atoms with Crippen molar-refractivity contribution < 1.29 is 14.7 Å². The molecule has 0 spiro atoms. The number of carboxylic acid groups (broad SMARTS) is 1. The molecule has 5 heteroatoms. The normalized spacial score (nSPS) is 25.7. The quantitative estimate of drug-likeness (QED) is 0.719. The highest BCUT2D eigenvalue weighted by Crippen LogP contribution is 2.29. The third kappa shape index (κ3) is 4.49. The number of carboxylic acids is 1. The third-order valence-corrected chi connectivity index (χ3v) is 3.95. The van der Waals surface area contributed by atoms with Gasteiger partial charge in [-0.1, -0.05) is 20.8 Å². The first-order valence-electron chi connectivity index (χ1n) is 6.99. The lowest BCUT2D eigenvalue weighted by Crippen LogP contribution is -2.51. The molecule has 110 valence electrons. The van der Waals surface area contributed by atoms with Crippen LogP contribution < -0.4 is 11.1 Å². The molecule has 0 aliphatic heterocycles. The number of nitrogens with one attached hydrogen (secondary N) is 1. The summed E-state index contributed by atoms with van der Waals surface area (Å²) in [6, 6.07) is -0.841. The van der Waals surface area contributed by atoms with Crippen molar-refractivity contribution in [3.05, 3.63) is 0 Å². The number of hydrogen-bond donors (Lipinski definition) is 3. The molecule has 0 aromatic carbocycles. The second-order valence-corrected chi connectivity index (χ2v) is 6.60. The average Bonchev–Trinajstić information content (AvgIpc) is 2.34. The highest BCUT2D eigenvalue weighted by atomic mass is 16.4. The van der Waals surface area contributed by atoms with Crippen molar-refractivity contribution in [2.75, 3.05) is 6.54 Å². The Morgan fingerprint density at radius 2 is 1.79 bits per heavy atom. The van der Waals surface area contributed by atoms with Gasteiger partial charge in [0.05, 0.1) is 0 Å². The second-order valence-electron chi connectivity index (χ2n) is 6.60. The number of carbonyl (C=O) groups is 2. The summed E-state index contributed by atoms with van der Waals surface area (Å²) in [5.41, 5.74) is 5.13. The maximum atomic E-state index is 12.1. The predicted octanol–water partition coefficient (Wildman–Crippen LogP) is 1.37. The van der Waals surface area contributed by atoms with E-state index >= 15 is 0 Å². The molecule has 1 atom stereocenters. The molecule has 1 rings (SSSR count). The molecule has 0 radical (unpaired) electrons. The molecule has 1 unspecified atom stereocenters. The van der Waals surface area contributed by atoms with Crippen LogP contribution >= 0.6 is 0 Å². The van der Waals surface area contributed by atoms with Gasteiger partial charge >= 0.3 is 5.97 Å². The first-order valence-corrected chi connectivity index (χ1v) is 6.99. The largest absolute Gasteiger partial charge is 0.480 e. The van der Waals surface area contributed by atoms with Gasteiger partial charge in [0.1, 0.15) is 6.04 Å². The summed E-state index contributed by atoms with van der Waals surface area (Å²) in [6.45, 7) is 6.13. The van der Waals surface area contributed by atoms with Crippen LogP contribution in [0.4, 0.5) is 0 Å². The van der Waals surface area contributed by atoms with E-state index in [2.05, 4.69) is 5.32 Å². The number of nitrogens with two attached hydrogens (primary N) is 1. The monoisotopic (exact) mass is 270 g/mol. The molecule has 1 aliphatic rings. The molecular weight excluding hydrogens is 244 g/mol. The van der Waals surface area contributed by atoms with Crippen LogP contribution in [-0.4, -0.2) is 29.6 Å². The SMILES string of the molecule is CC(C)(C)C(NC(=O)C1CCC(CN)CC1)C(=O)O. The third-order valence-electron chi connectivity index (χ3n) is 3.95. The van der Waals surface area contributed by atoms with Crippen LogP contribution in [0.1, 0.15) is 46.5 Å². The van der Waals surface area contributed by atoms with Crippen LogP contribution in [0.2, 0.25) is 0 Å². The van der Waals surface area contributed by atoms with Gasteiger partial charge in [0.15, 0.2) is 0 Å². The Kier molecular flexibility index (Phi) is 5.35. The number of rotatable bonds is 4.